The van der Waals surface area contributed by atoms with Crippen molar-refractivity contribution in [3.8, 4) is 5.75 Å². The van der Waals surface area contributed by atoms with Crippen LogP contribution in [0.1, 0.15) is 31.4 Å². The van der Waals surface area contributed by atoms with Crippen LogP contribution in [0.3, 0.4) is 0 Å². The lowest BCUT2D eigenvalue weighted by Crippen LogP contribution is -2.18. The second kappa shape index (κ2) is 6.24. The number of rotatable bonds is 4. The standard InChI is InChI=1S/C17H17ClO5/c1-9(2)22-16(19)8-21-15-7-14-12(6-13(15)18)10-4-3-5-11(10)17(20)23-14/h6-7,9H,3-5,8H2,1-2H3. The van der Waals surface area contributed by atoms with Crippen molar-refractivity contribution in [2.45, 2.75) is 39.2 Å². The molecule has 23 heavy (non-hydrogen) atoms. The first kappa shape index (κ1) is 15.9. The van der Waals surface area contributed by atoms with Gasteiger partial charge in [-0.25, -0.2) is 9.59 Å². The van der Waals surface area contributed by atoms with Gasteiger partial charge in [0, 0.05) is 17.0 Å². The number of carbonyl (C=O) groups is 1. The molecule has 122 valence electrons. The van der Waals surface area contributed by atoms with E-state index in [4.69, 9.17) is 25.5 Å². The van der Waals surface area contributed by atoms with Crippen molar-refractivity contribution in [2.75, 3.05) is 6.61 Å². The fourth-order valence-corrected chi connectivity index (χ4v) is 3.05. The van der Waals surface area contributed by atoms with Gasteiger partial charge in [0.2, 0.25) is 0 Å². The van der Waals surface area contributed by atoms with Crippen molar-refractivity contribution >= 4 is 28.5 Å². The van der Waals surface area contributed by atoms with E-state index in [1.54, 1.807) is 26.0 Å². The summed E-state index contributed by atoms with van der Waals surface area (Å²) in [5.74, 6) is -0.187. The maximum atomic E-state index is 12.0. The number of aryl methyl sites for hydroxylation is 1. The van der Waals surface area contributed by atoms with Gasteiger partial charge in [0.15, 0.2) is 6.61 Å². The van der Waals surface area contributed by atoms with Gasteiger partial charge in [-0.2, -0.15) is 0 Å². The minimum atomic E-state index is -0.480. The summed E-state index contributed by atoms with van der Waals surface area (Å²) in [5.41, 5.74) is 1.86. The maximum absolute atomic E-state index is 12.0. The van der Waals surface area contributed by atoms with Gasteiger partial charge in [-0.3, -0.25) is 0 Å². The monoisotopic (exact) mass is 336 g/mol. The van der Waals surface area contributed by atoms with Gasteiger partial charge in [0.1, 0.15) is 11.3 Å². The summed E-state index contributed by atoms with van der Waals surface area (Å²) < 4.78 is 15.8. The molecule has 0 fully saturated rings. The van der Waals surface area contributed by atoms with Crippen LogP contribution in [0.2, 0.25) is 5.02 Å². The Hall–Kier alpha value is -2.01. The largest absolute Gasteiger partial charge is 0.480 e. The van der Waals surface area contributed by atoms with E-state index in [0.29, 0.717) is 16.4 Å². The average molecular weight is 337 g/mol. The lowest BCUT2D eigenvalue weighted by molar-refractivity contribution is -0.149. The second-order valence-electron chi connectivity index (χ2n) is 5.81. The van der Waals surface area contributed by atoms with E-state index in [9.17, 15) is 9.59 Å². The van der Waals surface area contributed by atoms with Crippen LogP contribution in [0.4, 0.5) is 0 Å². The third kappa shape index (κ3) is 3.20. The molecule has 5 nitrogen and oxygen atoms in total. The van der Waals surface area contributed by atoms with E-state index >= 15 is 0 Å². The first-order valence-electron chi connectivity index (χ1n) is 7.56. The molecule has 2 aromatic rings. The molecule has 0 unspecified atom stereocenters. The number of carbonyl (C=O) groups excluding carboxylic acids is 1. The van der Waals surface area contributed by atoms with Crippen molar-refractivity contribution in [3.63, 3.8) is 0 Å². The molecule has 0 N–H and O–H groups in total. The Bertz CT molecular complexity index is 822. The zero-order chi connectivity index (χ0) is 16.6. The van der Waals surface area contributed by atoms with Crippen LogP contribution >= 0.6 is 11.6 Å². The first-order valence-corrected chi connectivity index (χ1v) is 7.94. The van der Waals surface area contributed by atoms with Gasteiger partial charge < -0.3 is 13.9 Å². The first-order chi connectivity index (χ1) is 11.0. The maximum Gasteiger partial charge on any atom is 0.344 e. The average Bonchev–Trinajstić information content (AvgIpc) is 2.96. The van der Waals surface area contributed by atoms with E-state index in [-0.39, 0.29) is 18.3 Å². The number of hydrogen-bond acceptors (Lipinski definition) is 5. The van der Waals surface area contributed by atoms with Gasteiger partial charge in [0.05, 0.1) is 11.1 Å². The smallest absolute Gasteiger partial charge is 0.344 e. The third-order valence-corrected chi connectivity index (χ3v) is 4.03. The van der Waals surface area contributed by atoms with Crippen LogP contribution < -0.4 is 10.4 Å². The lowest BCUT2D eigenvalue weighted by Gasteiger charge is -2.11. The number of esters is 1. The molecular weight excluding hydrogens is 320 g/mol. The van der Waals surface area contributed by atoms with Gasteiger partial charge in [-0.05, 0) is 44.7 Å². The summed E-state index contributed by atoms with van der Waals surface area (Å²) in [7, 11) is 0. The van der Waals surface area contributed by atoms with Crippen molar-refractivity contribution in [3.05, 3.63) is 38.7 Å². The Morgan fingerprint density at radius 2 is 2.04 bits per heavy atom. The van der Waals surface area contributed by atoms with Gasteiger partial charge in [-0.1, -0.05) is 11.6 Å². The molecule has 0 aliphatic heterocycles. The molecule has 0 amide bonds. The van der Waals surface area contributed by atoms with E-state index in [0.717, 1.165) is 35.8 Å². The quantitative estimate of drug-likeness (QED) is 0.633. The van der Waals surface area contributed by atoms with Gasteiger partial charge in [0.25, 0.3) is 0 Å². The predicted octanol–water partition coefficient (Wildman–Crippen LogP) is 3.27. The topological polar surface area (TPSA) is 65.7 Å². The predicted molar refractivity (Wildman–Crippen MR) is 86.2 cm³/mol. The zero-order valence-electron chi connectivity index (χ0n) is 13.0. The van der Waals surface area contributed by atoms with Crippen molar-refractivity contribution in [1.29, 1.82) is 0 Å². The highest BCUT2D eigenvalue weighted by atomic mass is 35.5. The van der Waals surface area contributed by atoms with Crippen molar-refractivity contribution in [1.82, 2.24) is 0 Å². The van der Waals surface area contributed by atoms with Crippen molar-refractivity contribution in [2.24, 2.45) is 0 Å². The third-order valence-electron chi connectivity index (χ3n) is 3.74. The highest BCUT2D eigenvalue weighted by Crippen LogP contribution is 2.34. The Morgan fingerprint density at radius 3 is 2.78 bits per heavy atom. The van der Waals surface area contributed by atoms with E-state index in [2.05, 4.69) is 0 Å². The number of hydrogen-bond donors (Lipinski definition) is 0. The molecule has 0 bridgehead atoms. The Morgan fingerprint density at radius 1 is 1.30 bits per heavy atom. The Labute approximate surface area is 138 Å². The molecular formula is C17H17ClO5. The van der Waals surface area contributed by atoms with Crippen LogP contribution in [0.5, 0.6) is 5.75 Å². The summed E-state index contributed by atoms with van der Waals surface area (Å²) >= 11 is 6.24. The normalized spacial score (nSPS) is 13.4. The second-order valence-corrected chi connectivity index (χ2v) is 6.21. The minimum Gasteiger partial charge on any atom is -0.480 e. The van der Waals surface area contributed by atoms with Gasteiger partial charge in [-0.15, -0.1) is 0 Å². The minimum absolute atomic E-state index is 0.209. The summed E-state index contributed by atoms with van der Waals surface area (Å²) in [4.78, 5) is 23.5. The fourth-order valence-electron chi connectivity index (χ4n) is 2.83. The Kier molecular flexibility index (Phi) is 4.31. The summed E-state index contributed by atoms with van der Waals surface area (Å²) in [6.45, 7) is 3.27. The molecule has 3 rings (SSSR count). The van der Waals surface area contributed by atoms with Crippen molar-refractivity contribution < 1.29 is 18.7 Å². The molecule has 0 saturated heterocycles. The van der Waals surface area contributed by atoms with Crippen LogP contribution in [0.15, 0.2) is 21.3 Å². The molecule has 0 saturated carbocycles. The number of benzene rings is 1. The molecule has 1 aliphatic rings. The molecule has 1 aromatic heterocycles. The van der Waals surface area contributed by atoms with E-state index < -0.39 is 5.97 Å². The van der Waals surface area contributed by atoms with Crippen LogP contribution in [-0.2, 0) is 22.4 Å². The fraction of sp³-hybridized carbons (Fsp3) is 0.412. The SMILES string of the molecule is CC(C)OC(=O)COc1cc2oc(=O)c3c(c2cc1Cl)CCC3. The van der Waals surface area contributed by atoms with E-state index in [1.165, 1.54) is 0 Å². The zero-order valence-corrected chi connectivity index (χ0v) is 13.7. The molecule has 1 aromatic carbocycles. The molecule has 6 heteroatoms. The summed E-state index contributed by atoms with van der Waals surface area (Å²) in [5, 5.41) is 1.21. The summed E-state index contributed by atoms with van der Waals surface area (Å²) in [6.07, 6.45) is 2.31. The molecule has 1 heterocycles. The highest BCUT2D eigenvalue weighted by Gasteiger charge is 2.21. The summed E-state index contributed by atoms with van der Waals surface area (Å²) in [6, 6.07) is 3.29. The van der Waals surface area contributed by atoms with Crippen LogP contribution in [0.25, 0.3) is 11.0 Å². The Balaban J connectivity index is 1.91. The highest BCUT2D eigenvalue weighted by molar-refractivity contribution is 6.32. The molecule has 0 radical (unpaired) electrons. The lowest BCUT2D eigenvalue weighted by atomic mass is 10.1. The van der Waals surface area contributed by atoms with Crippen LogP contribution in [0, 0.1) is 0 Å². The van der Waals surface area contributed by atoms with E-state index in [1.807, 2.05) is 0 Å². The molecule has 0 spiro atoms. The van der Waals surface area contributed by atoms with Gasteiger partial charge >= 0.3 is 11.6 Å². The number of ether oxygens (including phenoxy) is 2. The number of halogens is 1. The number of fused-ring (bicyclic) bond motifs is 3. The molecule has 0 atom stereocenters. The molecule has 1 aliphatic carbocycles. The van der Waals surface area contributed by atoms with Crippen LogP contribution in [-0.4, -0.2) is 18.7 Å².